The molecule has 0 bridgehead atoms. The fraction of sp³-hybridized carbons (Fsp3) is 0.138. The van der Waals surface area contributed by atoms with E-state index in [-0.39, 0.29) is 23.7 Å². The number of nitrogens with one attached hydrogen (secondary N) is 1. The predicted octanol–water partition coefficient (Wildman–Crippen LogP) is 5.34. The second kappa shape index (κ2) is 11.5. The lowest BCUT2D eigenvalue weighted by Gasteiger charge is -2.26. The van der Waals surface area contributed by atoms with Gasteiger partial charge in [0.05, 0.1) is 12.3 Å². The molecule has 4 amide bonds. The van der Waals surface area contributed by atoms with Gasteiger partial charge in [0.15, 0.2) is 11.5 Å². The van der Waals surface area contributed by atoms with Gasteiger partial charge < -0.3 is 9.47 Å². The molecule has 1 heterocycles. The molecule has 1 aliphatic rings. The molecule has 0 saturated carbocycles. The first-order valence-electron chi connectivity index (χ1n) is 11.8. The average Bonchev–Trinajstić information content (AvgIpc) is 2.87. The number of nitrogens with zero attached hydrogens (tertiary/aromatic N) is 1. The van der Waals surface area contributed by atoms with Crippen molar-refractivity contribution in [3.63, 3.8) is 0 Å². The maximum absolute atomic E-state index is 13.6. The van der Waals surface area contributed by atoms with Crippen molar-refractivity contribution in [3.8, 4) is 11.5 Å². The largest absolute Gasteiger partial charge is 0.490 e. The number of amides is 4. The Morgan fingerprint density at radius 2 is 1.74 bits per heavy atom. The number of ether oxygens (including phenoxy) is 2. The van der Waals surface area contributed by atoms with E-state index in [1.54, 1.807) is 37.3 Å². The fourth-order valence-corrected chi connectivity index (χ4v) is 3.93. The van der Waals surface area contributed by atoms with Crippen LogP contribution >= 0.6 is 0 Å². The van der Waals surface area contributed by atoms with Gasteiger partial charge in [-0.15, -0.1) is 6.58 Å². The number of allylic oxidation sites excluding steroid dienone is 1. The molecule has 7 nitrogen and oxygen atoms in total. The Bertz CT molecular complexity index is 1430. The van der Waals surface area contributed by atoms with Gasteiger partial charge in [0.25, 0.3) is 11.8 Å². The summed E-state index contributed by atoms with van der Waals surface area (Å²) in [6.45, 7) is 5.95. The van der Waals surface area contributed by atoms with Crippen LogP contribution in [0.3, 0.4) is 0 Å². The second-order valence-electron chi connectivity index (χ2n) is 8.29. The monoisotopic (exact) mass is 518 g/mol. The van der Waals surface area contributed by atoms with Gasteiger partial charge in [-0.05, 0) is 79.1 Å². The Morgan fingerprint density at radius 1 is 0.974 bits per heavy atom. The summed E-state index contributed by atoms with van der Waals surface area (Å²) in [7, 11) is 0. The van der Waals surface area contributed by atoms with Crippen LogP contribution in [0, 0.1) is 11.6 Å². The van der Waals surface area contributed by atoms with Gasteiger partial charge >= 0.3 is 6.03 Å². The molecule has 194 valence electrons. The molecular formula is C29H24F2N2O5. The minimum absolute atomic E-state index is 0.0814. The molecule has 1 aliphatic heterocycles. The number of hydrogen-bond donors (Lipinski definition) is 1. The van der Waals surface area contributed by atoms with Crippen LogP contribution in [0.25, 0.3) is 6.08 Å². The molecule has 0 aromatic heterocycles. The van der Waals surface area contributed by atoms with E-state index in [1.165, 1.54) is 30.3 Å². The third-order valence-corrected chi connectivity index (χ3v) is 5.59. The van der Waals surface area contributed by atoms with Crippen molar-refractivity contribution in [1.82, 2.24) is 5.32 Å². The normalized spacial score (nSPS) is 14.4. The third-order valence-electron chi connectivity index (χ3n) is 5.59. The fourth-order valence-electron chi connectivity index (χ4n) is 3.93. The molecule has 1 N–H and O–H groups in total. The van der Waals surface area contributed by atoms with Crippen LogP contribution in [-0.2, 0) is 22.6 Å². The molecule has 0 radical (unpaired) electrons. The second-order valence-corrected chi connectivity index (χ2v) is 8.29. The molecule has 3 aromatic carbocycles. The summed E-state index contributed by atoms with van der Waals surface area (Å²) >= 11 is 0. The van der Waals surface area contributed by atoms with Crippen LogP contribution in [0.4, 0.5) is 19.3 Å². The van der Waals surface area contributed by atoms with Gasteiger partial charge in [-0.3, -0.25) is 14.9 Å². The number of rotatable bonds is 9. The molecular weight excluding hydrogens is 494 g/mol. The summed E-state index contributed by atoms with van der Waals surface area (Å²) in [6.07, 6.45) is 3.37. The van der Waals surface area contributed by atoms with E-state index in [9.17, 15) is 23.2 Å². The lowest BCUT2D eigenvalue weighted by Crippen LogP contribution is -2.54. The Labute approximate surface area is 218 Å². The number of barbiturate groups is 1. The highest BCUT2D eigenvalue weighted by molar-refractivity contribution is 6.39. The zero-order valence-corrected chi connectivity index (χ0v) is 20.5. The molecule has 0 spiro atoms. The summed E-state index contributed by atoms with van der Waals surface area (Å²) < 4.78 is 38.8. The molecule has 4 rings (SSSR count). The first-order chi connectivity index (χ1) is 18.3. The van der Waals surface area contributed by atoms with E-state index in [4.69, 9.17) is 9.47 Å². The summed E-state index contributed by atoms with van der Waals surface area (Å²) in [5.41, 5.74) is 1.53. The van der Waals surface area contributed by atoms with E-state index in [1.807, 2.05) is 0 Å². The number of urea groups is 1. The highest BCUT2D eigenvalue weighted by atomic mass is 19.1. The predicted molar refractivity (Wildman–Crippen MR) is 138 cm³/mol. The minimum atomic E-state index is -0.938. The number of hydrogen-bond acceptors (Lipinski definition) is 5. The molecule has 1 saturated heterocycles. The van der Waals surface area contributed by atoms with Crippen LogP contribution in [0.1, 0.15) is 23.6 Å². The van der Waals surface area contributed by atoms with E-state index in [2.05, 4.69) is 11.9 Å². The average molecular weight is 519 g/mol. The number of benzene rings is 3. The zero-order chi connectivity index (χ0) is 27.2. The summed E-state index contributed by atoms with van der Waals surface area (Å²) in [5.74, 6) is -1.88. The van der Waals surface area contributed by atoms with Crippen LogP contribution in [-0.4, -0.2) is 24.5 Å². The van der Waals surface area contributed by atoms with Gasteiger partial charge in [-0.25, -0.2) is 18.5 Å². The first-order valence-corrected chi connectivity index (χ1v) is 11.8. The topological polar surface area (TPSA) is 84.9 Å². The molecule has 0 aliphatic carbocycles. The smallest absolute Gasteiger partial charge is 0.335 e. The van der Waals surface area contributed by atoms with Crippen molar-refractivity contribution in [1.29, 1.82) is 0 Å². The Kier molecular flexibility index (Phi) is 7.96. The molecule has 0 atom stereocenters. The standard InChI is InChI=1S/C29H24F2N2O5/c1-3-6-20-13-19(16-25(37-4-2)26(20)38-17-18-7-5-8-22(31)14-18)15-24-27(34)32-29(36)33(28(24)35)23-11-9-21(30)10-12-23/h3,5,7-16H,1,4,6,17H2,2H3,(H,32,34,36)/b24-15+. The number of imide groups is 2. The molecule has 38 heavy (non-hydrogen) atoms. The number of halogens is 2. The van der Waals surface area contributed by atoms with E-state index >= 15 is 0 Å². The highest BCUT2D eigenvalue weighted by Gasteiger charge is 2.37. The SMILES string of the molecule is C=CCc1cc(/C=C2\C(=O)NC(=O)N(c3ccc(F)cc3)C2=O)cc(OCC)c1OCc1cccc(F)c1. The van der Waals surface area contributed by atoms with Gasteiger partial charge in [0, 0.05) is 5.56 Å². The van der Waals surface area contributed by atoms with Crippen molar-refractivity contribution in [2.75, 3.05) is 11.5 Å². The molecule has 1 fully saturated rings. The number of carbonyl (C=O) groups is 3. The zero-order valence-electron chi connectivity index (χ0n) is 20.5. The van der Waals surface area contributed by atoms with Crippen LogP contribution in [0.5, 0.6) is 11.5 Å². The Balaban J connectivity index is 1.71. The summed E-state index contributed by atoms with van der Waals surface area (Å²) in [6, 6.07) is 13.1. The quantitative estimate of drug-likeness (QED) is 0.235. The van der Waals surface area contributed by atoms with E-state index < -0.39 is 23.7 Å². The van der Waals surface area contributed by atoms with Crippen molar-refractivity contribution in [2.24, 2.45) is 0 Å². The van der Waals surface area contributed by atoms with Crippen LogP contribution in [0.15, 0.2) is 78.9 Å². The first kappa shape index (κ1) is 26.3. The van der Waals surface area contributed by atoms with Gasteiger partial charge in [0.1, 0.15) is 23.8 Å². The molecule has 9 heteroatoms. The third kappa shape index (κ3) is 5.78. The minimum Gasteiger partial charge on any atom is -0.490 e. The van der Waals surface area contributed by atoms with E-state index in [0.717, 1.165) is 17.0 Å². The van der Waals surface area contributed by atoms with Crippen molar-refractivity contribution < 1.29 is 32.6 Å². The number of carbonyl (C=O) groups excluding carboxylic acids is 3. The lowest BCUT2D eigenvalue weighted by atomic mass is 10.0. The van der Waals surface area contributed by atoms with Gasteiger partial charge in [-0.2, -0.15) is 0 Å². The van der Waals surface area contributed by atoms with Gasteiger partial charge in [0.2, 0.25) is 0 Å². The summed E-state index contributed by atoms with van der Waals surface area (Å²) in [5, 5.41) is 2.14. The number of anilines is 1. The van der Waals surface area contributed by atoms with Crippen LogP contribution < -0.4 is 19.7 Å². The molecule has 0 unspecified atom stereocenters. The summed E-state index contributed by atoms with van der Waals surface area (Å²) in [4.78, 5) is 39.0. The molecule has 3 aromatic rings. The Hall–Kier alpha value is -4.79. The highest BCUT2D eigenvalue weighted by Crippen LogP contribution is 2.36. The lowest BCUT2D eigenvalue weighted by molar-refractivity contribution is -0.122. The van der Waals surface area contributed by atoms with Crippen molar-refractivity contribution in [2.45, 2.75) is 20.0 Å². The maximum atomic E-state index is 13.6. The van der Waals surface area contributed by atoms with Crippen molar-refractivity contribution in [3.05, 3.63) is 107 Å². The van der Waals surface area contributed by atoms with Gasteiger partial charge in [-0.1, -0.05) is 18.2 Å². The Morgan fingerprint density at radius 3 is 2.42 bits per heavy atom. The maximum Gasteiger partial charge on any atom is 0.335 e. The van der Waals surface area contributed by atoms with Crippen molar-refractivity contribution >= 4 is 29.6 Å². The van der Waals surface area contributed by atoms with Crippen LogP contribution in [0.2, 0.25) is 0 Å². The van der Waals surface area contributed by atoms with E-state index in [0.29, 0.717) is 41.2 Å².